The third-order valence-corrected chi connectivity index (χ3v) is 9.50. The standard InChI is InChI=1S/C29H31ClF3N5O6/c1-27(13-21(27)29(31,32)33)25(40)35-8-6-28(43,7-9-35)15-36-16-34-23-19(24(36)39)12-22(30)38(23)18-4-2-17(3-5-18)20-14-44-11-10-37(20)26(41)42/h2-5,12,16,20-21,43H,6-11,13-15H2,1H3,(H,41,42)/t20-,21?,27?/m1/s1. The highest BCUT2D eigenvalue weighted by Gasteiger charge is 2.68. The lowest BCUT2D eigenvalue weighted by Crippen LogP contribution is -2.51. The van der Waals surface area contributed by atoms with Crippen LogP contribution >= 0.6 is 11.6 Å². The zero-order valence-electron chi connectivity index (χ0n) is 23.8. The summed E-state index contributed by atoms with van der Waals surface area (Å²) in [5.41, 5.74) is -1.62. The van der Waals surface area contributed by atoms with Crippen molar-refractivity contribution in [2.75, 3.05) is 32.8 Å². The number of aliphatic hydroxyl groups is 1. The Morgan fingerprint density at radius 3 is 2.45 bits per heavy atom. The molecule has 2 unspecified atom stereocenters. The van der Waals surface area contributed by atoms with Gasteiger partial charge in [0.05, 0.1) is 48.1 Å². The number of fused-ring (bicyclic) bond motifs is 1. The number of rotatable bonds is 5. The maximum absolute atomic E-state index is 13.4. The molecular formula is C29H31ClF3N5O6. The Kier molecular flexibility index (Phi) is 7.45. The van der Waals surface area contributed by atoms with Gasteiger partial charge >= 0.3 is 12.3 Å². The lowest BCUT2D eigenvalue weighted by molar-refractivity contribution is -0.165. The molecule has 2 saturated heterocycles. The number of carbonyl (C=O) groups excluding carboxylic acids is 1. The minimum atomic E-state index is -4.42. The average Bonchev–Trinajstić information content (AvgIpc) is 3.59. The molecule has 4 heterocycles. The van der Waals surface area contributed by atoms with E-state index in [1.165, 1.54) is 33.7 Å². The molecule has 15 heteroatoms. The molecule has 6 rings (SSSR count). The third kappa shape index (κ3) is 5.32. The molecule has 0 bridgehead atoms. The predicted octanol–water partition coefficient (Wildman–Crippen LogP) is 3.83. The summed E-state index contributed by atoms with van der Waals surface area (Å²) in [5, 5.41) is 21.2. The Bertz CT molecular complexity index is 1670. The molecule has 44 heavy (non-hydrogen) atoms. The van der Waals surface area contributed by atoms with Gasteiger partial charge in [0.25, 0.3) is 5.56 Å². The lowest BCUT2D eigenvalue weighted by Gasteiger charge is -2.39. The van der Waals surface area contributed by atoms with E-state index in [1.807, 2.05) is 0 Å². The normalized spacial score (nSPS) is 25.3. The van der Waals surface area contributed by atoms with Crippen LogP contribution < -0.4 is 5.56 Å². The van der Waals surface area contributed by atoms with Crippen LogP contribution in [0.5, 0.6) is 0 Å². The molecule has 2 aromatic heterocycles. The van der Waals surface area contributed by atoms with Gasteiger partial charge in [-0.1, -0.05) is 30.7 Å². The number of likely N-dealkylation sites (tertiary alicyclic amines) is 1. The molecule has 11 nitrogen and oxygen atoms in total. The molecular weight excluding hydrogens is 607 g/mol. The maximum Gasteiger partial charge on any atom is 0.407 e. The quantitative estimate of drug-likeness (QED) is 0.435. The van der Waals surface area contributed by atoms with Crippen molar-refractivity contribution in [3.63, 3.8) is 0 Å². The van der Waals surface area contributed by atoms with Gasteiger partial charge in [0.1, 0.15) is 11.5 Å². The minimum absolute atomic E-state index is 0.0787. The largest absolute Gasteiger partial charge is 0.465 e. The molecule has 1 aliphatic carbocycles. The number of morpholine rings is 1. The molecule has 236 valence electrons. The lowest BCUT2D eigenvalue weighted by atomic mass is 9.90. The van der Waals surface area contributed by atoms with Gasteiger partial charge in [-0.15, -0.1) is 0 Å². The zero-order valence-corrected chi connectivity index (χ0v) is 24.5. The van der Waals surface area contributed by atoms with E-state index in [1.54, 1.807) is 28.8 Å². The summed E-state index contributed by atoms with van der Waals surface area (Å²) in [6, 6.07) is 8.07. The predicted molar refractivity (Wildman–Crippen MR) is 152 cm³/mol. The van der Waals surface area contributed by atoms with Crippen LogP contribution in [0.25, 0.3) is 16.7 Å². The van der Waals surface area contributed by atoms with Gasteiger partial charge in [-0.2, -0.15) is 13.2 Å². The van der Waals surface area contributed by atoms with Crippen molar-refractivity contribution in [2.24, 2.45) is 11.3 Å². The van der Waals surface area contributed by atoms with Gasteiger partial charge in [-0.25, -0.2) is 9.78 Å². The second-order valence-corrected chi connectivity index (χ2v) is 12.5. The summed E-state index contributed by atoms with van der Waals surface area (Å²) in [5.74, 6) is -2.21. The molecule has 3 aromatic rings. The van der Waals surface area contributed by atoms with Crippen LogP contribution in [0, 0.1) is 11.3 Å². The fourth-order valence-electron chi connectivity index (χ4n) is 6.44. The number of hydrogen-bond acceptors (Lipinski definition) is 6. The number of carboxylic acid groups (broad SMARTS) is 1. The first-order valence-corrected chi connectivity index (χ1v) is 14.6. The number of halogens is 4. The van der Waals surface area contributed by atoms with Gasteiger partial charge in [0.2, 0.25) is 5.91 Å². The van der Waals surface area contributed by atoms with E-state index in [4.69, 9.17) is 16.3 Å². The number of hydrogen-bond donors (Lipinski definition) is 2. The summed E-state index contributed by atoms with van der Waals surface area (Å²) in [6.07, 6.45) is -4.19. The van der Waals surface area contributed by atoms with E-state index in [2.05, 4.69) is 4.98 Å². The van der Waals surface area contributed by atoms with Crippen molar-refractivity contribution in [3.05, 3.63) is 57.7 Å². The fraction of sp³-hybridized carbons (Fsp3) is 0.517. The molecule has 0 radical (unpaired) electrons. The second-order valence-electron chi connectivity index (χ2n) is 12.1. The van der Waals surface area contributed by atoms with Crippen molar-refractivity contribution in [1.29, 1.82) is 0 Å². The van der Waals surface area contributed by atoms with Crippen LogP contribution in [0.3, 0.4) is 0 Å². The van der Waals surface area contributed by atoms with Crippen molar-refractivity contribution in [1.82, 2.24) is 23.9 Å². The Labute approximate surface area is 254 Å². The number of ether oxygens (including phenoxy) is 1. The van der Waals surface area contributed by atoms with Gasteiger partial charge in [0, 0.05) is 25.3 Å². The molecule has 3 aliphatic rings. The highest BCUT2D eigenvalue weighted by Crippen LogP contribution is 2.61. The first-order valence-electron chi connectivity index (χ1n) is 14.2. The van der Waals surface area contributed by atoms with Crippen LogP contribution in [-0.2, 0) is 16.1 Å². The van der Waals surface area contributed by atoms with E-state index < -0.39 is 46.7 Å². The molecule has 1 saturated carbocycles. The molecule has 3 atom stereocenters. The first-order chi connectivity index (χ1) is 20.7. The van der Waals surface area contributed by atoms with Gasteiger partial charge in [-0.3, -0.25) is 23.6 Å². The molecule has 2 aliphatic heterocycles. The van der Waals surface area contributed by atoms with E-state index in [0.717, 1.165) is 5.56 Å². The molecule has 2 N–H and O–H groups in total. The van der Waals surface area contributed by atoms with Crippen LogP contribution in [0.4, 0.5) is 18.0 Å². The highest BCUT2D eigenvalue weighted by atomic mass is 35.5. The van der Waals surface area contributed by atoms with Gasteiger partial charge in [-0.05, 0) is 43.0 Å². The third-order valence-electron chi connectivity index (χ3n) is 9.22. The van der Waals surface area contributed by atoms with Gasteiger partial charge in [0.15, 0.2) is 5.65 Å². The highest BCUT2D eigenvalue weighted by molar-refractivity contribution is 6.31. The SMILES string of the molecule is CC1(C(=O)N2CCC(O)(Cn3cnc4c(cc(Cl)n4-c4ccc([C@H]5COCCN5C(=O)O)cc4)c3=O)CC2)CC1C(F)(F)F. The van der Waals surface area contributed by atoms with Crippen LogP contribution in [-0.4, -0.2) is 90.8 Å². The first kappa shape index (κ1) is 30.4. The number of aromatic nitrogens is 3. The fourth-order valence-corrected chi connectivity index (χ4v) is 6.73. The molecule has 0 spiro atoms. The number of nitrogens with zero attached hydrogens (tertiary/aromatic N) is 5. The Morgan fingerprint density at radius 2 is 1.84 bits per heavy atom. The van der Waals surface area contributed by atoms with E-state index >= 15 is 0 Å². The number of amides is 2. The molecule has 1 aromatic carbocycles. The second kappa shape index (κ2) is 10.8. The summed E-state index contributed by atoms with van der Waals surface area (Å²) < 4.78 is 47.8. The Hall–Kier alpha value is -3.62. The zero-order chi connectivity index (χ0) is 31.6. The average molecular weight is 638 g/mol. The van der Waals surface area contributed by atoms with Crippen molar-refractivity contribution >= 4 is 34.6 Å². The maximum atomic E-state index is 13.4. The number of piperidine rings is 1. The summed E-state index contributed by atoms with van der Waals surface area (Å²) in [7, 11) is 0. The minimum Gasteiger partial charge on any atom is -0.465 e. The van der Waals surface area contributed by atoms with Crippen LogP contribution in [0.2, 0.25) is 5.15 Å². The summed E-state index contributed by atoms with van der Waals surface area (Å²) in [6.45, 7) is 2.21. The van der Waals surface area contributed by atoms with Crippen LogP contribution in [0.15, 0.2) is 41.5 Å². The number of alkyl halides is 3. The smallest absolute Gasteiger partial charge is 0.407 e. The number of carbonyl (C=O) groups is 2. The van der Waals surface area contributed by atoms with E-state index in [0.29, 0.717) is 17.9 Å². The monoisotopic (exact) mass is 637 g/mol. The van der Waals surface area contributed by atoms with Crippen molar-refractivity contribution < 1.29 is 37.7 Å². The van der Waals surface area contributed by atoms with E-state index in [9.17, 15) is 37.8 Å². The van der Waals surface area contributed by atoms with E-state index in [-0.39, 0.29) is 62.6 Å². The molecule has 2 amide bonds. The summed E-state index contributed by atoms with van der Waals surface area (Å²) in [4.78, 5) is 45.1. The van der Waals surface area contributed by atoms with Crippen molar-refractivity contribution in [3.8, 4) is 5.69 Å². The molecule has 3 fully saturated rings. The Morgan fingerprint density at radius 1 is 1.16 bits per heavy atom. The Balaban J connectivity index is 1.17. The van der Waals surface area contributed by atoms with Gasteiger partial charge < -0.3 is 19.8 Å². The van der Waals surface area contributed by atoms with Crippen molar-refractivity contribution in [2.45, 2.75) is 50.6 Å². The summed E-state index contributed by atoms with van der Waals surface area (Å²) >= 11 is 6.54. The topological polar surface area (TPSA) is 130 Å². The van der Waals surface area contributed by atoms with Crippen LogP contribution in [0.1, 0.15) is 37.8 Å². The number of benzene rings is 1.